The van der Waals surface area contributed by atoms with E-state index in [1.807, 2.05) is 35.5 Å². The Morgan fingerprint density at radius 3 is 2.81 bits per heavy atom. The summed E-state index contributed by atoms with van der Waals surface area (Å²) in [5.74, 6) is -0.158. The van der Waals surface area contributed by atoms with Crippen LogP contribution in [0.1, 0.15) is 39.5 Å². The van der Waals surface area contributed by atoms with Crippen molar-refractivity contribution in [2.75, 3.05) is 0 Å². The molecule has 0 unspecified atom stereocenters. The van der Waals surface area contributed by atoms with Gasteiger partial charge in [0.15, 0.2) is 0 Å². The lowest BCUT2D eigenvalue weighted by Crippen LogP contribution is -2.30. The first-order chi connectivity index (χ1) is 7.69. The highest BCUT2D eigenvalue weighted by atomic mass is 16.6. The zero-order chi connectivity index (χ0) is 12.0. The van der Waals surface area contributed by atoms with E-state index < -0.39 is 0 Å². The number of hydrogen-bond acceptors (Lipinski definition) is 2. The number of ether oxygens (including phenoxy) is 1. The number of imidazole rings is 1. The van der Waals surface area contributed by atoms with Gasteiger partial charge in [0.05, 0.1) is 13.6 Å². The summed E-state index contributed by atoms with van der Waals surface area (Å²) in [6.07, 6.45) is 7.36. The van der Waals surface area contributed by atoms with Crippen molar-refractivity contribution in [3.8, 4) is 6.01 Å². The molecule has 0 N–H and O–H groups in total. The molecule has 1 aromatic rings. The van der Waals surface area contributed by atoms with Crippen LogP contribution in [0.3, 0.4) is 0 Å². The van der Waals surface area contributed by atoms with Gasteiger partial charge in [-0.05, 0) is 12.8 Å². The van der Waals surface area contributed by atoms with Gasteiger partial charge in [-0.1, -0.05) is 20.3 Å². The summed E-state index contributed by atoms with van der Waals surface area (Å²) in [7, 11) is 1.89. The quantitative estimate of drug-likeness (QED) is 0.547. The van der Waals surface area contributed by atoms with E-state index in [1.165, 1.54) is 0 Å². The fourth-order valence-electron chi connectivity index (χ4n) is 1.50. The number of hydrogen-bond donors (Lipinski definition) is 0. The smallest absolute Gasteiger partial charge is 0.357 e. The molecule has 0 aliphatic carbocycles. The second-order valence-electron chi connectivity index (χ2n) is 3.96. The van der Waals surface area contributed by atoms with E-state index in [9.17, 15) is 4.79 Å². The van der Waals surface area contributed by atoms with Crippen molar-refractivity contribution in [2.24, 2.45) is 7.05 Å². The maximum atomic E-state index is 11.4. The highest BCUT2D eigenvalue weighted by molar-refractivity contribution is 5.71. The van der Waals surface area contributed by atoms with Crippen LogP contribution in [0.25, 0.3) is 0 Å². The molecule has 16 heavy (non-hydrogen) atoms. The third-order valence-corrected chi connectivity index (χ3v) is 2.43. The Labute approximate surface area is 96.8 Å². The van der Waals surface area contributed by atoms with E-state index in [1.54, 1.807) is 0 Å². The topological polar surface area (TPSA) is 35.1 Å². The van der Waals surface area contributed by atoms with E-state index >= 15 is 0 Å². The zero-order valence-corrected chi connectivity index (χ0v) is 10.4. The summed E-state index contributed by atoms with van der Waals surface area (Å²) >= 11 is 0. The van der Waals surface area contributed by atoms with Gasteiger partial charge in [-0.2, -0.15) is 9.13 Å². The second kappa shape index (κ2) is 6.30. The standard InChI is InChI=1S/C12H21N2O2/c1-4-6-8-14-10-9-13(3)12(14)16-11(15)7-5-2/h9-10H,4-8H2,1-3H3/q+1. The number of aryl methyl sites for hydroxylation is 2. The van der Waals surface area contributed by atoms with Crippen LogP contribution in [0, 0.1) is 0 Å². The van der Waals surface area contributed by atoms with Crippen LogP contribution in [0.15, 0.2) is 12.4 Å². The molecule has 0 saturated heterocycles. The molecule has 0 spiro atoms. The number of unbranched alkanes of at least 4 members (excludes halogenated alkanes) is 1. The maximum absolute atomic E-state index is 11.4. The van der Waals surface area contributed by atoms with Crippen LogP contribution < -0.4 is 9.30 Å². The van der Waals surface area contributed by atoms with Crippen molar-refractivity contribution < 1.29 is 14.1 Å². The normalized spacial score (nSPS) is 10.4. The molecule has 0 amide bonds. The Morgan fingerprint density at radius 1 is 1.44 bits per heavy atom. The SMILES string of the molecule is CCCCn1cc[n+](C)c1OC(=O)CCC. The van der Waals surface area contributed by atoms with E-state index in [0.29, 0.717) is 12.4 Å². The molecule has 90 valence electrons. The number of aromatic nitrogens is 2. The Bertz CT molecular complexity index is 345. The fourth-order valence-corrected chi connectivity index (χ4v) is 1.50. The Morgan fingerprint density at radius 2 is 2.19 bits per heavy atom. The molecule has 4 heteroatoms. The van der Waals surface area contributed by atoms with Crippen molar-refractivity contribution >= 4 is 5.97 Å². The molecule has 1 rings (SSSR count). The summed E-state index contributed by atoms with van der Waals surface area (Å²) in [5, 5.41) is 0. The first-order valence-electron chi connectivity index (χ1n) is 5.94. The molecule has 1 heterocycles. The molecule has 0 aromatic carbocycles. The van der Waals surface area contributed by atoms with E-state index in [4.69, 9.17) is 4.74 Å². The minimum Gasteiger partial charge on any atom is -0.357 e. The molecule has 0 atom stereocenters. The predicted octanol–water partition coefficient (Wildman–Crippen LogP) is 1.82. The highest BCUT2D eigenvalue weighted by Gasteiger charge is 2.19. The van der Waals surface area contributed by atoms with Gasteiger partial charge in [0.25, 0.3) is 0 Å². The lowest BCUT2D eigenvalue weighted by atomic mass is 10.3. The van der Waals surface area contributed by atoms with Crippen molar-refractivity contribution in [1.82, 2.24) is 4.57 Å². The number of carbonyl (C=O) groups is 1. The molecule has 0 saturated carbocycles. The Balaban J connectivity index is 2.69. The minimum atomic E-state index is -0.158. The third kappa shape index (κ3) is 3.36. The van der Waals surface area contributed by atoms with Gasteiger partial charge in [0, 0.05) is 6.42 Å². The summed E-state index contributed by atoms with van der Waals surface area (Å²) in [5.41, 5.74) is 0. The van der Waals surface area contributed by atoms with Crippen LogP contribution in [0.5, 0.6) is 6.01 Å². The molecular formula is C12H21N2O2+. The van der Waals surface area contributed by atoms with Crippen LogP contribution in [0.2, 0.25) is 0 Å². The van der Waals surface area contributed by atoms with E-state index in [2.05, 4.69) is 6.92 Å². The average Bonchev–Trinajstić information content (AvgIpc) is 2.58. The first kappa shape index (κ1) is 12.7. The third-order valence-electron chi connectivity index (χ3n) is 2.43. The number of nitrogens with zero attached hydrogens (tertiary/aromatic N) is 2. The monoisotopic (exact) mass is 225 g/mol. The van der Waals surface area contributed by atoms with E-state index in [0.717, 1.165) is 25.8 Å². The first-order valence-corrected chi connectivity index (χ1v) is 5.94. The van der Waals surface area contributed by atoms with Gasteiger partial charge in [0.2, 0.25) is 0 Å². The summed E-state index contributed by atoms with van der Waals surface area (Å²) < 4.78 is 9.16. The molecule has 1 aromatic heterocycles. The fraction of sp³-hybridized carbons (Fsp3) is 0.667. The largest absolute Gasteiger partial charge is 0.463 e. The summed E-state index contributed by atoms with van der Waals surface area (Å²) in [6.45, 7) is 5.01. The molecular weight excluding hydrogens is 204 g/mol. The summed E-state index contributed by atoms with van der Waals surface area (Å²) in [4.78, 5) is 11.4. The summed E-state index contributed by atoms with van der Waals surface area (Å²) in [6, 6.07) is 0.631. The molecule has 0 radical (unpaired) electrons. The van der Waals surface area contributed by atoms with Gasteiger partial charge in [0.1, 0.15) is 12.4 Å². The molecule has 0 fully saturated rings. The lowest BCUT2D eigenvalue weighted by Gasteiger charge is -2.02. The molecule has 0 aliphatic rings. The van der Waals surface area contributed by atoms with Crippen molar-refractivity contribution in [3.63, 3.8) is 0 Å². The highest BCUT2D eigenvalue weighted by Crippen LogP contribution is 2.08. The average molecular weight is 225 g/mol. The lowest BCUT2D eigenvalue weighted by molar-refractivity contribution is -0.675. The minimum absolute atomic E-state index is 0.158. The van der Waals surface area contributed by atoms with Crippen molar-refractivity contribution in [3.05, 3.63) is 12.4 Å². The number of carbonyl (C=O) groups excluding carboxylic acids is 1. The zero-order valence-electron chi connectivity index (χ0n) is 10.4. The molecule has 0 aliphatic heterocycles. The van der Waals surface area contributed by atoms with Crippen LogP contribution in [-0.4, -0.2) is 10.5 Å². The van der Waals surface area contributed by atoms with E-state index in [-0.39, 0.29) is 5.97 Å². The van der Waals surface area contributed by atoms with Gasteiger partial charge >= 0.3 is 12.0 Å². The van der Waals surface area contributed by atoms with Crippen LogP contribution >= 0.6 is 0 Å². The molecule has 0 bridgehead atoms. The van der Waals surface area contributed by atoms with Gasteiger partial charge in [-0.25, -0.2) is 0 Å². The second-order valence-corrected chi connectivity index (χ2v) is 3.96. The van der Waals surface area contributed by atoms with Gasteiger partial charge < -0.3 is 4.74 Å². The molecule has 4 nitrogen and oxygen atoms in total. The Kier molecular flexibility index (Phi) is 5.02. The van der Waals surface area contributed by atoms with Gasteiger partial charge in [-0.15, -0.1) is 0 Å². The van der Waals surface area contributed by atoms with Gasteiger partial charge in [-0.3, -0.25) is 4.79 Å². The van der Waals surface area contributed by atoms with Crippen molar-refractivity contribution in [1.29, 1.82) is 0 Å². The number of rotatable bonds is 6. The van der Waals surface area contributed by atoms with Crippen molar-refractivity contribution in [2.45, 2.75) is 46.1 Å². The predicted molar refractivity (Wildman–Crippen MR) is 61.1 cm³/mol. The van der Waals surface area contributed by atoms with Crippen LogP contribution in [0.4, 0.5) is 0 Å². The van der Waals surface area contributed by atoms with Crippen LogP contribution in [-0.2, 0) is 18.4 Å². The number of esters is 1. The Hall–Kier alpha value is -1.32. The maximum Gasteiger partial charge on any atom is 0.463 e.